The summed E-state index contributed by atoms with van der Waals surface area (Å²) >= 11 is 6.81. The first-order valence-corrected chi connectivity index (χ1v) is 12.3. The fourth-order valence-electron chi connectivity index (χ4n) is 3.48. The normalized spacial score (nSPS) is 14.8. The predicted molar refractivity (Wildman–Crippen MR) is 129 cm³/mol. The maximum Gasteiger partial charge on any atom is 0.283 e. The third-order valence-electron chi connectivity index (χ3n) is 5.41. The number of likely N-dealkylation sites (N-methyl/N-ethyl adjacent to an activating group) is 2. The summed E-state index contributed by atoms with van der Waals surface area (Å²) in [5.41, 5.74) is 0.386. The fraction of sp³-hybridized carbons (Fsp3) is 0.600. The molecule has 1 saturated heterocycles. The number of benzene rings is 1. The number of anilines is 1. The van der Waals surface area contributed by atoms with Crippen molar-refractivity contribution in [3.63, 3.8) is 0 Å². The van der Waals surface area contributed by atoms with Gasteiger partial charge in [-0.25, -0.2) is 0 Å². The number of halogens is 2. The Morgan fingerprint density at radius 2 is 1.81 bits per heavy atom. The van der Waals surface area contributed by atoms with Crippen molar-refractivity contribution in [1.82, 2.24) is 14.7 Å². The van der Waals surface area contributed by atoms with Crippen molar-refractivity contribution in [2.75, 3.05) is 82.0 Å². The van der Waals surface area contributed by atoms with E-state index in [-0.39, 0.29) is 16.8 Å². The molecule has 0 aromatic heterocycles. The van der Waals surface area contributed by atoms with E-state index in [2.05, 4.69) is 48.7 Å². The predicted octanol–water partition coefficient (Wildman–Crippen LogP) is 2.38. The Bertz CT molecular complexity index is 818. The van der Waals surface area contributed by atoms with Gasteiger partial charge in [-0.1, -0.05) is 31.9 Å². The fourth-order valence-corrected chi connectivity index (χ4v) is 4.33. The summed E-state index contributed by atoms with van der Waals surface area (Å²) in [6.45, 7) is 6.24. The maximum absolute atomic E-state index is 13.2. The molecule has 1 aliphatic heterocycles. The molecule has 1 aromatic rings. The zero-order valence-corrected chi connectivity index (χ0v) is 21.1. The van der Waals surface area contributed by atoms with Gasteiger partial charge < -0.3 is 14.7 Å². The molecule has 1 fully saturated rings. The van der Waals surface area contributed by atoms with Gasteiger partial charge in [0.1, 0.15) is 11.6 Å². The number of rotatable bonds is 10. The average molecular weight is 560 g/mol. The smallest absolute Gasteiger partial charge is 0.283 e. The van der Waals surface area contributed by atoms with Crippen molar-refractivity contribution < 1.29 is 9.72 Å². The molecule has 11 heteroatoms. The summed E-state index contributed by atoms with van der Waals surface area (Å²) in [6.07, 6.45) is 0. The number of hydrogen-bond acceptors (Lipinski definition) is 7. The minimum Gasteiger partial charge on any atom is -0.369 e. The molecule has 1 aliphatic rings. The summed E-state index contributed by atoms with van der Waals surface area (Å²) in [6, 6.07) is 4.75. The van der Waals surface area contributed by atoms with Crippen LogP contribution in [0.1, 0.15) is 15.9 Å². The van der Waals surface area contributed by atoms with Gasteiger partial charge in [0.25, 0.3) is 11.6 Å². The number of carbonyl (C=O) groups is 1. The van der Waals surface area contributed by atoms with Crippen LogP contribution in [0, 0.1) is 21.4 Å². The Kier molecular flexibility index (Phi) is 10.2. The molecule has 1 heterocycles. The van der Waals surface area contributed by atoms with Crippen molar-refractivity contribution in [1.29, 1.82) is 5.26 Å². The Morgan fingerprint density at radius 1 is 1.19 bits per heavy atom. The average Bonchev–Trinajstić information content (AvgIpc) is 2.76. The lowest BCUT2D eigenvalue weighted by molar-refractivity contribution is -0.385. The van der Waals surface area contributed by atoms with E-state index in [0.717, 1.165) is 26.2 Å². The molecule has 170 valence electrons. The van der Waals surface area contributed by atoms with Gasteiger partial charge in [-0.05, 0) is 13.1 Å². The summed E-state index contributed by atoms with van der Waals surface area (Å²) in [7, 11) is 3.75. The summed E-state index contributed by atoms with van der Waals surface area (Å²) in [5, 5.41) is 22.6. The number of carbonyl (C=O) groups excluding carboxylic acids is 1. The molecule has 0 radical (unpaired) electrons. The van der Waals surface area contributed by atoms with Gasteiger partial charge in [-0.15, -0.1) is 0 Å². The first-order chi connectivity index (χ1) is 14.8. The lowest BCUT2D eigenvalue weighted by Gasteiger charge is -2.33. The van der Waals surface area contributed by atoms with E-state index in [0.29, 0.717) is 42.5 Å². The van der Waals surface area contributed by atoms with Crippen LogP contribution in [0.15, 0.2) is 12.1 Å². The highest BCUT2D eigenvalue weighted by Gasteiger charge is 2.27. The number of hydrogen-bond donors (Lipinski definition) is 0. The summed E-state index contributed by atoms with van der Waals surface area (Å²) in [5.74, 6) is -0.413. The van der Waals surface area contributed by atoms with Crippen LogP contribution < -0.4 is 4.90 Å². The zero-order chi connectivity index (χ0) is 23.0. The highest BCUT2D eigenvalue weighted by molar-refractivity contribution is 9.09. The lowest BCUT2D eigenvalue weighted by atomic mass is 10.0. The molecule has 0 saturated carbocycles. The summed E-state index contributed by atoms with van der Waals surface area (Å²) < 4.78 is 0. The van der Waals surface area contributed by atoms with Gasteiger partial charge in [0.15, 0.2) is 0 Å². The monoisotopic (exact) mass is 558 g/mol. The van der Waals surface area contributed by atoms with E-state index in [4.69, 9.17) is 0 Å². The maximum atomic E-state index is 13.2. The number of amides is 1. The van der Waals surface area contributed by atoms with E-state index in [9.17, 15) is 20.2 Å². The van der Waals surface area contributed by atoms with Crippen LogP contribution in [0.4, 0.5) is 11.4 Å². The Labute approximate surface area is 200 Å². The highest BCUT2D eigenvalue weighted by Crippen LogP contribution is 2.30. The second-order valence-corrected chi connectivity index (χ2v) is 9.08. The molecule has 2 rings (SSSR count). The van der Waals surface area contributed by atoms with Crippen LogP contribution in [0.5, 0.6) is 0 Å². The van der Waals surface area contributed by atoms with E-state index in [1.807, 2.05) is 11.0 Å². The Balaban J connectivity index is 2.29. The molecular weight excluding hydrogens is 532 g/mol. The second-order valence-electron chi connectivity index (χ2n) is 7.49. The largest absolute Gasteiger partial charge is 0.369 e. The third kappa shape index (κ3) is 6.87. The second kappa shape index (κ2) is 12.3. The van der Waals surface area contributed by atoms with Crippen molar-refractivity contribution >= 4 is 49.1 Å². The molecule has 31 heavy (non-hydrogen) atoms. The van der Waals surface area contributed by atoms with Crippen LogP contribution >= 0.6 is 31.9 Å². The lowest BCUT2D eigenvalue weighted by Crippen LogP contribution is -2.47. The van der Waals surface area contributed by atoms with Gasteiger partial charge in [0.2, 0.25) is 0 Å². The van der Waals surface area contributed by atoms with Crippen LogP contribution in [-0.4, -0.2) is 103 Å². The molecule has 9 nitrogen and oxygen atoms in total. The van der Waals surface area contributed by atoms with E-state index in [1.165, 1.54) is 17.0 Å². The Hall–Kier alpha value is -1.74. The molecule has 0 N–H and O–H groups in total. The van der Waals surface area contributed by atoms with E-state index in [1.54, 1.807) is 7.05 Å². The first kappa shape index (κ1) is 25.5. The van der Waals surface area contributed by atoms with Crippen LogP contribution in [0.3, 0.4) is 0 Å². The molecule has 0 aliphatic carbocycles. The van der Waals surface area contributed by atoms with Gasteiger partial charge >= 0.3 is 0 Å². The zero-order valence-electron chi connectivity index (χ0n) is 17.9. The molecule has 1 amide bonds. The topological polar surface area (TPSA) is 97.0 Å². The minimum atomic E-state index is -0.592. The van der Waals surface area contributed by atoms with Crippen molar-refractivity contribution in [3.05, 3.63) is 33.4 Å². The van der Waals surface area contributed by atoms with Crippen LogP contribution in [0.25, 0.3) is 0 Å². The van der Waals surface area contributed by atoms with Gasteiger partial charge in [0, 0.05) is 76.1 Å². The van der Waals surface area contributed by atoms with Crippen LogP contribution in [0.2, 0.25) is 0 Å². The number of alkyl halides is 2. The number of piperazine rings is 1. The molecule has 1 aromatic carbocycles. The SMILES string of the molecule is CN1CCN(CCN(C)C(=O)c2cc(N(CCBr)CCBr)c(C#N)cc2[N+](=O)[O-])CC1. The highest BCUT2D eigenvalue weighted by atomic mass is 79.9. The molecule has 0 unspecified atom stereocenters. The van der Waals surface area contributed by atoms with E-state index < -0.39 is 10.8 Å². The third-order valence-corrected chi connectivity index (χ3v) is 6.11. The van der Waals surface area contributed by atoms with Crippen molar-refractivity contribution in [2.24, 2.45) is 0 Å². The molecular formula is C20H28Br2N6O3. The van der Waals surface area contributed by atoms with Crippen molar-refractivity contribution in [2.45, 2.75) is 0 Å². The van der Waals surface area contributed by atoms with Crippen LogP contribution in [-0.2, 0) is 0 Å². The minimum absolute atomic E-state index is 0.00835. The molecule has 0 spiro atoms. The van der Waals surface area contributed by atoms with E-state index >= 15 is 0 Å². The standard InChI is InChI=1S/C20H28Br2N6O3/c1-24-7-10-26(11-8-24)12-9-25(2)20(29)17-14-18(27(5-3-21)6-4-22)16(15-23)13-19(17)28(30)31/h13-14H,3-12H2,1-2H3. The van der Waals surface area contributed by atoms with Crippen molar-refractivity contribution in [3.8, 4) is 6.07 Å². The quantitative estimate of drug-likeness (QED) is 0.246. The number of nitrogens with zero attached hydrogens (tertiary/aromatic N) is 6. The summed E-state index contributed by atoms with van der Waals surface area (Å²) in [4.78, 5) is 32.2. The molecule has 0 bridgehead atoms. The Morgan fingerprint density at radius 3 is 2.32 bits per heavy atom. The number of nitriles is 1. The first-order valence-electron chi connectivity index (χ1n) is 10.1. The molecule has 0 atom stereocenters. The van der Waals surface area contributed by atoms with Gasteiger partial charge in [-0.3, -0.25) is 19.8 Å². The van der Waals surface area contributed by atoms with Gasteiger partial charge in [-0.2, -0.15) is 5.26 Å². The van der Waals surface area contributed by atoms with Gasteiger partial charge in [0.05, 0.1) is 16.2 Å². The number of nitro groups is 1. The number of nitro benzene ring substituents is 1.